The highest BCUT2D eigenvalue weighted by molar-refractivity contribution is 7.12. The van der Waals surface area contributed by atoms with Crippen LogP contribution in [0, 0.1) is 6.92 Å². The summed E-state index contributed by atoms with van der Waals surface area (Å²) in [6.45, 7) is 8.98. The Kier molecular flexibility index (Phi) is 5.76. The second-order valence-corrected chi connectivity index (χ2v) is 7.30. The minimum Gasteiger partial charge on any atom is -0.493 e. The van der Waals surface area contributed by atoms with Gasteiger partial charge >= 0.3 is 0 Å². The number of nitrogens with zero attached hydrogens (tertiary/aromatic N) is 1. The molecule has 2 aromatic rings. The molecule has 1 saturated heterocycles. The molecular formula is C19H26N2O2S. The second-order valence-electron chi connectivity index (χ2n) is 5.98. The van der Waals surface area contributed by atoms with Gasteiger partial charge in [-0.2, -0.15) is 0 Å². The molecule has 0 aliphatic carbocycles. The Hall–Kier alpha value is -1.56. The highest BCUT2D eigenvalue weighted by atomic mass is 32.1. The Bertz CT molecular complexity index is 665. The van der Waals surface area contributed by atoms with E-state index in [2.05, 4.69) is 41.4 Å². The highest BCUT2D eigenvalue weighted by Gasteiger charge is 2.26. The van der Waals surface area contributed by atoms with Crippen LogP contribution in [0.2, 0.25) is 0 Å². The van der Waals surface area contributed by atoms with Crippen LogP contribution in [0.3, 0.4) is 0 Å². The molecule has 0 bridgehead atoms. The molecule has 1 N–H and O–H groups in total. The van der Waals surface area contributed by atoms with E-state index >= 15 is 0 Å². The molecule has 2 heterocycles. The third-order valence-electron chi connectivity index (χ3n) is 4.35. The normalized spacial score (nSPS) is 16.8. The van der Waals surface area contributed by atoms with Gasteiger partial charge in [0.1, 0.15) is 0 Å². The summed E-state index contributed by atoms with van der Waals surface area (Å²) in [5.41, 5.74) is 1.26. The molecule has 1 aliphatic rings. The molecule has 1 aliphatic heterocycles. The number of methoxy groups -OCH3 is 1. The average Bonchev–Trinajstić information content (AvgIpc) is 3.03. The first kappa shape index (κ1) is 17.3. The van der Waals surface area contributed by atoms with E-state index in [9.17, 15) is 0 Å². The van der Waals surface area contributed by atoms with Gasteiger partial charge in [0.2, 0.25) is 0 Å². The SMILES string of the molecule is CCOc1ccc(C(c2ccc(C)s2)N2CCNCC2)cc1OC. The summed E-state index contributed by atoms with van der Waals surface area (Å²) in [7, 11) is 1.71. The zero-order valence-electron chi connectivity index (χ0n) is 14.7. The number of hydrogen-bond acceptors (Lipinski definition) is 5. The molecule has 1 aromatic carbocycles. The summed E-state index contributed by atoms with van der Waals surface area (Å²) >= 11 is 1.88. The standard InChI is InChI=1S/C19H26N2O2S/c1-4-23-16-7-6-15(13-17(16)22-3)19(18-8-5-14(2)24-18)21-11-9-20-10-12-21/h5-8,13,19-20H,4,9-12H2,1-3H3. The van der Waals surface area contributed by atoms with Crippen molar-refractivity contribution in [3.05, 3.63) is 45.6 Å². The summed E-state index contributed by atoms with van der Waals surface area (Å²) in [5, 5.41) is 3.44. The Labute approximate surface area is 148 Å². The monoisotopic (exact) mass is 346 g/mol. The van der Waals surface area contributed by atoms with Crippen LogP contribution in [-0.4, -0.2) is 44.8 Å². The van der Waals surface area contributed by atoms with Crippen molar-refractivity contribution in [3.63, 3.8) is 0 Å². The van der Waals surface area contributed by atoms with Crippen LogP contribution in [0.5, 0.6) is 11.5 Å². The van der Waals surface area contributed by atoms with E-state index in [1.807, 2.05) is 24.3 Å². The van der Waals surface area contributed by atoms with Gasteiger partial charge < -0.3 is 14.8 Å². The van der Waals surface area contributed by atoms with E-state index in [0.29, 0.717) is 6.61 Å². The number of rotatable bonds is 6. The van der Waals surface area contributed by atoms with Crippen LogP contribution >= 0.6 is 11.3 Å². The fourth-order valence-corrected chi connectivity index (χ4v) is 4.27. The number of ether oxygens (including phenoxy) is 2. The molecule has 24 heavy (non-hydrogen) atoms. The Balaban J connectivity index is 1.98. The Morgan fingerprint density at radius 2 is 1.96 bits per heavy atom. The zero-order chi connectivity index (χ0) is 16.9. The second kappa shape index (κ2) is 8.01. The fourth-order valence-electron chi connectivity index (χ4n) is 3.22. The van der Waals surface area contributed by atoms with E-state index in [1.54, 1.807) is 7.11 Å². The van der Waals surface area contributed by atoms with Gasteiger partial charge in [-0.15, -0.1) is 11.3 Å². The van der Waals surface area contributed by atoms with Crippen molar-refractivity contribution in [1.29, 1.82) is 0 Å². The molecule has 1 fully saturated rings. The highest BCUT2D eigenvalue weighted by Crippen LogP contribution is 2.37. The van der Waals surface area contributed by atoms with Crippen molar-refractivity contribution in [3.8, 4) is 11.5 Å². The van der Waals surface area contributed by atoms with Gasteiger partial charge in [0, 0.05) is 35.9 Å². The summed E-state index contributed by atoms with van der Waals surface area (Å²) < 4.78 is 11.2. The first-order chi connectivity index (χ1) is 11.7. The van der Waals surface area contributed by atoms with E-state index < -0.39 is 0 Å². The van der Waals surface area contributed by atoms with Crippen molar-refractivity contribution in [2.24, 2.45) is 0 Å². The van der Waals surface area contributed by atoms with Gasteiger partial charge in [-0.3, -0.25) is 4.90 Å². The third-order valence-corrected chi connectivity index (χ3v) is 5.40. The van der Waals surface area contributed by atoms with Crippen molar-refractivity contribution in [1.82, 2.24) is 10.2 Å². The number of piperazine rings is 1. The van der Waals surface area contributed by atoms with Crippen LogP contribution in [0.25, 0.3) is 0 Å². The number of benzene rings is 1. The molecule has 1 atom stereocenters. The van der Waals surface area contributed by atoms with Gasteiger partial charge in [0.05, 0.1) is 19.8 Å². The van der Waals surface area contributed by atoms with E-state index in [1.165, 1.54) is 15.3 Å². The molecule has 0 spiro atoms. The summed E-state index contributed by atoms with van der Waals surface area (Å²) in [5.74, 6) is 1.62. The largest absolute Gasteiger partial charge is 0.493 e. The Morgan fingerprint density at radius 3 is 2.58 bits per heavy atom. The molecule has 3 rings (SSSR count). The maximum absolute atomic E-state index is 5.67. The summed E-state index contributed by atoms with van der Waals surface area (Å²) in [6, 6.07) is 11.1. The van der Waals surface area contributed by atoms with E-state index in [-0.39, 0.29) is 6.04 Å². The van der Waals surface area contributed by atoms with Crippen molar-refractivity contribution in [2.75, 3.05) is 39.9 Å². The minimum atomic E-state index is 0.273. The van der Waals surface area contributed by atoms with Crippen LogP contribution < -0.4 is 14.8 Å². The Morgan fingerprint density at radius 1 is 1.17 bits per heavy atom. The van der Waals surface area contributed by atoms with E-state index in [4.69, 9.17) is 9.47 Å². The van der Waals surface area contributed by atoms with Crippen LogP contribution in [0.4, 0.5) is 0 Å². The van der Waals surface area contributed by atoms with E-state index in [0.717, 1.165) is 37.7 Å². The van der Waals surface area contributed by atoms with Crippen LogP contribution in [0.1, 0.15) is 28.3 Å². The zero-order valence-corrected chi connectivity index (χ0v) is 15.5. The third kappa shape index (κ3) is 3.74. The molecule has 5 heteroatoms. The predicted octanol–water partition coefficient (Wildman–Crippen LogP) is 3.46. The van der Waals surface area contributed by atoms with Crippen molar-refractivity contribution >= 4 is 11.3 Å². The lowest BCUT2D eigenvalue weighted by molar-refractivity contribution is 0.200. The molecule has 0 radical (unpaired) electrons. The predicted molar refractivity (Wildman–Crippen MR) is 99.5 cm³/mol. The molecule has 1 unspecified atom stereocenters. The maximum atomic E-state index is 5.67. The molecule has 1 aromatic heterocycles. The first-order valence-corrected chi connectivity index (χ1v) is 9.36. The quantitative estimate of drug-likeness (QED) is 0.868. The lowest BCUT2D eigenvalue weighted by atomic mass is 10.0. The smallest absolute Gasteiger partial charge is 0.161 e. The summed E-state index contributed by atoms with van der Waals surface area (Å²) in [4.78, 5) is 5.29. The number of hydrogen-bond donors (Lipinski definition) is 1. The topological polar surface area (TPSA) is 33.7 Å². The molecule has 130 valence electrons. The minimum absolute atomic E-state index is 0.273. The fraction of sp³-hybridized carbons (Fsp3) is 0.474. The number of thiophene rings is 1. The van der Waals surface area contributed by atoms with Crippen LogP contribution in [-0.2, 0) is 0 Å². The van der Waals surface area contributed by atoms with Gasteiger partial charge in [0.25, 0.3) is 0 Å². The maximum Gasteiger partial charge on any atom is 0.161 e. The van der Waals surface area contributed by atoms with Gasteiger partial charge in [-0.05, 0) is 43.7 Å². The number of nitrogens with one attached hydrogen (secondary N) is 1. The van der Waals surface area contributed by atoms with Gasteiger partial charge in [-0.25, -0.2) is 0 Å². The lowest BCUT2D eigenvalue weighted by Crippen LogP contribution is -2.45. The van der Waals surface area contributed by atoms with Crippen LogP contribution in [0.15, 0.2) is 30.3 Å². The lowest BCUT2D eigenvalue weighted by Gasteiger charge is -2.35. The molecule has 0 saturated carbocycles. The summed E-state index contributed by atoms with van der Waals surface area (Å²) in [6.07, 6.45) is 0. The van der Waals surface area contributed by atoms with Gasteiger partial charge in [-0.1, -0.05) is 6.07 Å². The van der Waals surface area contributed by atoms with Crippen molar-refractivity contribution in [2.45, 2.75) is 19.9 Å². The number of aryl methyl sites for hydroxylation is 1. The van der Waals surface area contributed by atoms with Crippen molar-refractivity contribution < 1.29 is 9.47 Å². The van der Waals surface area contributed by atoms with Gasteiger partial charge in [0.15, 0.2) is 11.5 Å². The first-order valence-electron chi connectivity index (χ1n) is 8.54. The molecular weight excluding hydrogens is 320 g/mol. The molecule has 0 amide bonds. The molecule has 4 nitrogen and oxygen atoms in total. The average molecular weight is 346 g/mol.